The number of methoxy groups -OCH3 is 3. The van der Waals surface area contributed by atoms with E-state index in [2.05, 4.69) is 10.1 Å². The Morgan fingerprint density at radius 3 is 2.44 bits per heavy atom. The molecule has 0 bridgehead atoms. The summed E-state index contributed by atoms with van der Waals surface area (Å²) in [4.78, 5) is 53.7. The summed E-state index contributed by atoms with van der Waals surface area (Å²) >= 11 is 0. The van der Waals surface area contributed by atoms with E-state index in [4.69, 9.17) is 9.47 Å². The van der Waals surface area contributed by atoms with Gasteiger partial charge in [-0.3, -0.25) is 24.1 Å². The fourth-order valence-electron chi connectivity index (χ4n) is 4.37. The van der Waals surface area contributed by atoms with Gasteiger partial charge in [0.05, 0.1) is 44.6 Å². The van der Waals surface area contributed by atoms with Crippen LogP contribution in [-0.4, -0.2) is 63.0 Å². The number of fused-ring (bicyclic) bond motifs is 5. The fourth-order valence-corrected chi connectivity index (χ4v) is 4.37. The van der Waals surface area contributed by atoms with Crippen molar-refractivity contribution in [3.8, 4) is 11.5 Å². The summed E-state index contributed by atoms with van der Waals surface area (Å²) in [5, 5.41) is 2.65. The van der Waals surface area contributed by atoms with Gasteiger partial charge in [-0.1, -0.05) is 18.2 Å². The molecule has 0 fully saturated rings. The van der Waals surface area contributed by atoms with E-state index in [0.29, 0.717) is 33.9 Å². The number of esters is 1. The van der Waals surface area contributed by atoms with E-state index >= 15 is 0 Å². The van der Waals surface area contributed by atoms with Gasteiger partial charge in [-0.25, -0.2) is 0 Å². The van der Waals surface area contributed by atoms with Crippen LogP contribution in [0.2, 0.25) is 0 Å². The van der Waals surface area contributed by atoms with Crippen LogP contribution in [0, 0.1) is 0 Å². The van der Waals surface area contributed by atoms with Crippen LogP contribution < -0.4 is 19.7 Å². The maximum absolute atomic E-state index is 13.6. The van der Waals surface area contributed by atoms with Gasteiger partial charge in [0.2, 0.25) is 5.91 Å². The number of benzene rings is 2. The standard InChI is InChI=1S/C24H25N3O7/c1-32-17-9-8-15-20(21(17)34-3)24(31)27-16-7-5-4-6-14(16)23(30)26(22(15)27)13-11-18(28)25-12-10-19(29)33-2/h4-9,22H,10-13H2,1-3H3,(H,25,28)/t22-/m1/s1. The van der Waals surface area contributed by atoms with Gasteiger partial charge in [0.25, 0.3) is 11.8 Å². The minimum Gasteiger partial charge on any atom is -0.493 e. The SMILES string of the molecule is COC(=O)CCNC(=O)CCN1C(=O)c2ccccc2N2C(=O)c3c(ccc(OC)c3OC)[C@H]12. The third kappa shape index (κ3) is 3.81. The molecule has 2 aromatic carbocycles. The molecule has 1 atom stereocenters. The van der Waals surface area contributed by atoms with Gasteiger partial charge in [0, 0.05) is 25.1 Å². The second kappa shape index (κ2) is 9.42. The molecule has 3 amide bonds. The van der Waals surface area contributed by atoms with Crippen molar-refractivity contribution >= 4 is 29.4 Å². The first-order valence-corrected chi connectivity index (χ1v) is 10.7. The Balaban J connectivity index is 1.66. The van der Waals surface area contributed by atoms with Crippen molar-refractivity contribution in [1.29, 1.82) is 0 Å². The minimum absolute atomic E-state index is 0.00374. The molecule has 2 aliphatic rings. The molecule has 10 nitrogen and oxygen atoms in total. The van der Waals surface area contributed by atoms with E-state index in [1.54, 1.807) is 41.3 Å². The van der Waals surface area contributed by atoms with E-state index in [0.717, 1.165) is 0 Å². The normalized spacial score (nSPS) is 15.9. The molecule has 0 saturated carbocycles. The van der Waals surface area contributed by atoms with Gasteiger partial charge in [-0.2, -0.15) is 0 Å². The van der Waals surface area contributed by atoms with Crippen molar-refractivity contribution in [2.45, 2.75) is 19.0 Å². The minimum atomic E-state index is -0.729. The number of anilines is 1. The number of para-hydroxylation sites is 1. The van der Waals surface area contributed by atoms with Crippen molar-refractivity contribution in [2.24, 2.45) is 0 Å². The zero-order chi connectivity index (χ0) is 24.4. The van der Waals surface area contributed by atoms with E-state index in [9.17, 15) is 19.2 Å². The molecule has 2 aliphatic heterocycles. The lowest BCUT2D eigenvalue weighted by Gasteiger charge is -2.40. The average molecular weight is 467 g/mol. The first-order chi connectivity index (χ1) is 16.4. The Labute approximate surface area is 196 Å². The predicted octanol–water partition coefficient (Wildman–Crippen LogP) is 1.89. The van der Waals surface area contributed by atoms with E-state index in [1.807, 2.05) is 0 Å². The van der Waals surface area contributed by atoms with Crippen LogP contribution in [0.3, 0.4) is 0 Å². The molecule has 0 aliphatic carbocycles. The molecule has 0 spiro atoms. The van der Waals surface area contributed by atoms with Gasteiger partial charge >= 0.3 is 5.97 Å². The topological polar surface area (TPSA) is 114 Å². The first-order valence-electron chi connectivity index (χ1n) is 10.7. The van der Waals surface area contributed by atoms with Crippen molar-refractivity contribution in [1.82, 2.24) is 10.2 Å². The van der Waals surface area contributed by atoms with Crippen LogP contribution in [0.15, 0.2) is 36.4 Å². The van der Waals surface area contributed by atoms with Crippen molar-refractivity contribution < 1.29 is 33.4 Å². The molecular formula is C24H25N3O7. The zero-order valence-corrected chi connectivity index (χ0v) is 19.1. The monoisotopic (exact) mass is 467 g/mol. The van der Waals surface area contributed by atoms with Crippen LogP contribution in [-0.2, 0) is 14.3 Å². The molecule has 34 heavy (non-hydrogen) atoms. The highest BCUT2D eigenvalue weighted by Crippen LogP contribution is 2.49. The summed E-state index contributed by atoms with van der Waals surface area (Å²) in [5.74, 6) is -0.642. The highest BCUT2D eigenvalue weighted by molar-refractivity contribution is 6.18. The number of hydrogen-bond donors (Lipinski definition) is 1. The number of nitrogens with one attached hydrogen (secondary N) is 1. The number of rotatable bonds is 8. The first kappa shape index (κ1) is 23.1. The summed E-state index contributed by atoms with van der Waals surface area (Å²) in [6, 6.07) is 10.3. The third-order valence-electron chi connectivity index (χ3n) is 5.94. The number of hydrogen-bond acceptors (Lipinski definition) is 7. The molecule has 0 aromatic heterocycles. The van der Waals surface area contributed by atoms with Crippen molar-refractivity contribution in [2.75, 3.05) is 39.3 Å². The maximum atomic E-state index is 13.6. The molecule has 4 rings (SSSR count). The van der Waals surface area contributed by atoms with Gasteiger partial charge in [0.15, 0.2) is 11.5 Å². The molecule has 10 heteroatoms. The quantitative estimate of drug-likeness (QED) is 0.590. The Morgan fingerprint density at radius 1 is 0.971 bits per heavy atom. The molecular weight excluding hydrogens is 442 g/mol. The van der Waals surface area contributed by atoms with Crippen LogP contribution >= 0.6 is 0 Å². The van der Waals surface area contributed by atoms with E-state index in [1.165, 1.54) is 26.2 Å². The molecule has 2 aromatic rings. The summed E-state index contributed by atoms with van der Waals surface area (Å²) in [6.07, 6.45) is -0.679. The number of carbonyl (C=O) groups is 4. The largest absolute Gasteiger partial charge is 0.493 e. The molecule has 178 valence electrons. The van der Waals surface area contributed by atoms with E-state index < -0.39 is 12.1 Å². The second-order valence-corrected chi connectivity index (χ2v) is 7.76. The lowest BCUT2D eigenvalue weighted by atomic mass is 10.0. The van der Waals surface area contributed by atoms with Gasteiger partial charge in [-0.05, 0) is 18.2 Å². The molecule has 0 radical (unpaired) electrons. The predicted molar refractivity (Wildman–Crippen MR) is 121 cm³/mol. The fraction of sp³-hybridized carbons (Fsp3) is 0.333. The van der Waals surface area contributed by atoms with Crippen LogP contribution in [0.1, 0.15) is 45.3 Å². The highest BCUT2D eigenvalue weighted by atomic mass is 16.5. The Kier molecular flexibility index (Phi) is 6.40. The lowest BCUT2D eigenvalue weighted by molar-refractivity contribution is -0.140. The maximum Gasteiger partial charge on any atom is 0.307 e. The lowest BCUT2D eigenvalue weighted by Crippen LogP contribution is -2.49. The van der Waals surface area contributed by atoms with Crippen LogP contribution in [0.4, 0.5) is 5.69 Å². The molecule has 1 N–H and O–H groups in total. The summed E-state index contributed by atoms with van der Waals surface area (Å²) in [7, 11) is 4.22. The average Bonchev–Trinajstić information content (AvgIpc) is 3.15. The molecule has 0 saturated heterocycles. The van der Waals surface area contributed by atoms with Crippen molar-refractivity contribution in [3.05, 3.63) is 53.1 Å². The Bertz CT molecular complexity index is 1160. The number of carbonyl (C=O) groups excluding carboxylic acids is 4. The second-order valence-electron chi connectivity index (χ2n) is 7.76. The van der Waals surface area contributed by atoms with E-state index in [-0.39, 0.29) is 43.7 Å². The van der Waals surface area contributed by atoms with Crippen LogP contribution in [0.5, 0.6) is 11.5 Å². The van der Waals surface area contributed by atoms with Gasteiger partial charge in [-0.15, -0.1) is 0 Å². The Hall–Kier alpha value is -4.08. The van der Waals surface area contributed by atoms with Crippen LogP contribution in [0.25, 0.3) is 0 Å². The number of amides is 3. The highest BCUT2D eigenvalue weighted by Gasteiger charge is 2.49. The molecule has 0 unspecified atom stereocenters. The molecule has 2 heterocycles. The smallest absolute Gasteiger partial charge is 0.307 e. The van der Waals surface area contributed by atoms with Crippen molar-refractivity contribution in [3.63, 3.8) is 0 Å². The summed E-state index contributed by atoms with van der Waals surface area (Å²) in [6.45, 7) is 0.204. The number of ether oxygens (including phenoxy) is 3. The summed E-state index contributed by atoms with van der Waals surface area (Å²) < 4.78 is 15.4. The van der Waals surface area contributed by atoms with Gasteiger partial charge in [0.1, 0.15) is 6.17 Å². The van der Waals surface area contributed by atoms with Gasteiger partial charge < -0.3 is 24.4 Å². The number of nitrogens with zero attached hydrogens (tertiary/aromatic N) is 2. The third-order valence-corrected chi connectivity index (χ3v) is 5.94. The zero-order valence-electron chi connectivity index (χ0n) is 19.1. The Morgan fingerprint density at radius 2 is 1.74 bits per heavy atom. The summed E-state index contributed by atoms with van der Waals surface area (Å²) in [5.41, 5.74) is 1.79.